The summed E-state index contributed by atoms with van der Waals surface area (Å²) in [7, 11) is 0. The van der Waals surface area contributed by atoms with Gasteiger partial charge in [0, 0.05) is 19.0 Å². The first kappa shape index (κ1) is 27.7. The number of rotatable bonds is 7. The van der Waals surface area contributed by atoms with Gasteiger partial charge in [-0.3, -0.25) is 24.0 Å². The molecule has 3 rings (SSSR count). The lowest BCUT2D eigenvalue weighted by molar-refractivity contribution is -0.176. The number of nitrogens with one attached hydrogen (secondary N) is 3. The van der Waals surface area contributed by atoms with Crippen LogP contribution in [0.5, 0.6) is 0 Å². The molecule has 2 heterocycles. The molecule has 10 nitrogen and oxygen atoms in total. The molecule has 0 unspecified atom stereocenters. The van der Waals surface area contributed by atoms with Gasteiger partial charge in [0.1, 0.15) is 18.1 Å². The number of halogens is 3. The molecule has 2 saturated heterocycles. The maximum absolute atomic E-state index is 13.6. The minimum Gasteiger partial charge on any atom is -0.368 e. The first-order chi connectivity index (χ1) is 16.6. The highest BCUT2D eigenvalue weighted by atomic mass is 19.4. The summed E-state index contributed by atoms with van der Waals surface area (Å²) in [6.07, 6.45) is -2.47. The van der Waals surface area contributed by atoms with E-state index >= 15 is 0 Å². The van der Waals surface area contributed by atoms with Crippen molar-refractivity contribution in [2.45, 2.75) is 77.2 Å². The number of primary amides is 1. The number of nitrogens with zero attached hydrogens (tertiary/aromatic N) is 1. The number of hydrogen-bond donors (Lipinski definition) is 4. The molecule has 5 N–H and O–H groups in total. The van der Waals surface area contributed by atoms with E-state index in [1.807, 2.05) is 0 Å². The van der Waals surface area contributed by atoms with Crippen molar-refractivity contribution < 1.29 is 37.1 Å². The largest absolute Gasteiger partial charge is 0.471 e. The summed E-state index contributed by atoms with van der Waals surface area (Å²) in [5.74, 6) is -5.50. The van der Waals surface area contributed by atoms with Gasteiger partial charge in [0.25, 0.3) is 0 Å². The quantitative estimate of drug-likeness (QED) is 0.381. The van der Waals surface area contributed by atoms with Crippen LogP contribution < -0.4 is 21.7 Å². The monoisotopic (exact) mass is 517 g/mol. The molecular weight excluding hydrogens is 483 g/mol. The van der Waals surface area contributed by atoms with Gasteiger partial charge < -0.3 is 26.6 Å². The highest BCUT2D eigenvalue weighted by Gasteiger charge is 2.53. The predicted octanol–water partition coefficient (Wildman–Crippen LogP) is 0.203. The Morgan fingerprint density at radius 3 is 2.31 bits per heavy atom. The summed E-state index contributed by atoms with van der Waals surface area (Å²) >= 11 is 0. The van der Waals surface area contributed by atoms with Gasteiger partial charge >= 0.3 is 12.1 Å². The maximum atomic E-state index is 13.6. The van der Waals surface area contributed by atoms with Crippen LogP contribution in [0.2, 0.25) is 0 Å². The molecule has 2 aliphatic heterocycles. The molecule has 5 amide bonds. The van der Waals surface area contributed by atoms with Crippen molar-refractivity contribution >= 4 is 29.5 Å². The van der Waals surface area contributed by atoms with E-state index < -0.39 is 59.3 Å². The highest BCUT2D eigenvalue weighted by molar-refractivity contribution is 5.96. The SMILES string of the molecule is CC(C)(C)[C@H](NC(=O)C(F)(F)F)C(=O)N1C[C@@H]2CCC[C@@H]2[C@H]1C(=O)N[C@@H](C[C@@H]1CCNC1=O)C(N)=O. The van der Waals surface area contributed by atoms with Crippen LogP contribution in [0.4, 0.5) is 13.2 Å². The van der Waals surface area contributed by atoms with Crippen LogP contribution in [0.1, 0.15) is 52.9 Å². The molecule has 0 aromatic rings. The second-order valence-corrected chi connectivity index (χ2v) is 11.0. The topological polar surface area (TPSA) is 151 Å². The third-order valence-corrected chi connectivity index (χ3v) is 7.43. The van der Waals surface area contributed by atoms with Crippen LogP contribution in [0, 0.1) is 23.2 Å². The smallest absolute Gasteiger partial charge is 0.368 e. The molecule has 13 heteroatoms. The lowest BCUT2D eigenvalue weighted by Gasteiger charge is -2.36. The lowest BCUT2D eigenvalue weighted by atomic mass is 9.85. The van der Waals surface area contributed by atoms with Crippen molar-refractivity contribution in [3.05, 3.63) is 0 Å². The van der Waals surface area contributed by atoms with Gasteiger partial charge in [-0.2, -0.15) is 13.2 Å². The third kappa shape index (κ3) is 5.92. The molecule has 1 aliphatic carbocycles. The average Bonchev–Trinajstić information content (AvgIpc) is 3.45. The fraction of sp³-hybridized carbons (Fsp3) is 0.783. The first-order valence-electron chi connectivity index (χ1n) is 12.2. The zero-order chi connectivity index (χ0) is 27.0. The number of alkyl halides is 3. The molecule has 1 saturated carbocycles. The van der Waals surface area contributed by atoms with E-state index in [4.69, 9.17) is 5.73 Å². The molecule has 0 aromatic heterocycles. The minimum atomic E-state index is -5.18. The van der Waals surface area contributed by atoms with Crippen LogP contribution in [0.15, 0.2) is 0 Å². The molecule has 6 atom stereocenters. The third-order valence-electron chi connectivity index (χ3n) is 7.43. The maximum Gasteiger partial charge on any atom is 0.471 e. The lowest BCUT2D eigenvalue weighted by Crippen LogP contribution is -2.61. The van der Waals surface area contributed by atoms with Gasteiger partial charge in [0.15, 0.2) is 0 Å². The Balaban J connectivity index is 1.83. The van der Waals surface area contributed by atoms with E-state index in [9.17, 15) is 37.1 Å². The zero-order valence-electron chi connectivity index (χ0n) is 20.6. The van der Waals surface area contributed by atoms with E-state index in [1.165, 1.54) is 25.7 Å². The van der Waals surface area contributed by atoms with E-state index in [1.54, 1.807) is 5.32 Å². The normalized spacial score (nSPS) is 27.7. The van der Waals surface area contributed by atoms with Crippen molar-refractivity contribution in [3.63, 3.8) is 0 Å². The number of carbonyl (C=O) groups is 5. The zero-order valence-corrected chi connectivity index (χ0v) is 20.6. The predicted molar refractivity (Wildman–Crippen MR) is 121 cm³/mol. The summed E-state index contributed by atoms with van der Waals surface area (Å²) in [6, 6.07) is -3.71. The van der Waals surface area contributed by atoms with Crippen LogP contribution >= 0.6 is 0 Å². The average molecular weight is 518 g/mol. The molecule has 0 spiro atoms. The van der Waals surface area contributed by atoms with E-state index in [2.05, 4.69) is 10.6 Å². The van der Waals surface area contributed by atoms with Crippen molar-refractivity contribution in [3.8, 4) is 0 Å². The first-order valence-corrected chi connectivity index (χ1v) is 12.2. The Hall–Kier alpha value is -2.86. The standard InChI is InChI=1S/C23H34F3N5O5/c1-22(2,3)16(30-21(36)23(24,25)26)20(35)31-10-12-5-4-6-13(12)15(31)19(34)29-14(17(27)32)9-11-7-8-28-18(11)33/h11-16H,4-10H2,1-3H3,(H2,27,32)(H,28,33)(H,29,34)(H,30,36)/t11-,12-,13-,14-,15-,16+/m0/s1. The minimum absolute atomic E-state index is 0.00786. The fourth-order valence-electron chi connectivity index (χ4n) is 5.55. The Morgan fingerprint density at radius 1 is 1.11 bits per heavy atom. The number of hydrogen-bond acceptors (Lipinski definition) is 5. The van der Waals surface area contributed by atoms with Gasteiger partial charge in [-0.1, -0.05) is 27.2 Å². The molecule has 0 aromatic carbocycles. The number of fused-ring (bicyclic) bond motifs is 1. The second kappa shape index (κ2) is 10.3. The fourth-order valence-corrected chi connectivity index (χ4v) is 5.55. The van der Waals surface area contributed by atoms with Gasteiger partial charge in [0.2, 0.25) is 23.6 Å². The van der Waals surface area contributed by atoms with E-state index in [0.29, 0.717) is 19.4 Å². The number of carbonyl (C=O) groups excluding carboxylic acids is 5. The van der Waals surface area contributed by atoms with Crippen LogP contribution in [0.3, 0.4) is 0 Å². The summed E-state index contributed by atoms with van der Waals surface area (Å²) in [4.78, 5) is 64.0. The van der Waals surface area contributed by atoms with Gasteiger partial charge in [0.05, 0.1) is 0 Å². The number of nitrogens with two attached hydrogens (primary N) is 1. The van der Waals surface area contributed by atoms with Crippen molar-refractivity contribution in [2.24, 2.45) is 28.9 Å². The van der Waals surface area contributed by atoms with Gasteiger partial charge in [-0.25, -0.2) is 0 Å². The van der Waals surface area contributed by atoms with E-state index in [0.717, 1.165) is 12.8 Å². The summed E-state index contributed by atoms with van der Waals surface area (Å²) in [5, 5.41) is 7.05. The Kier molecular flexibility index (Phi) is 7.89. The van der Waals surface area contributed by atoms with Crippen LogP contribution in [0.25, 0.3) is 0 Å². The Labute approximate surface area is 207 Å². The molecular formula is C23H34F3N5O5. The summed E-state index contributed by atoms with van der Waals surface area (Å²) in [5.41, 5.74) is 4.41. The molecule has 202 valence electrons. The molecule has 0 radical (unpaired) electrons. The highest BCUT2D eigenvalue weighted by Crippen LogP contribution is 2.43. The van der Waals surface area contributed by atoms with Crippen LogP contribution in [-0.4, -0.2) is 71.8 Å². The molecule has 36 heavy (non-hydrogen) atoms. The Bertz CT molecular complexity index is 919. The Morgan fingerprint density at radius 2 is 1.78 bits per heavy atom. The second-order valence-electron chi connectivity index (χ2n) is 11.0. The van der Waals surface area contributed by atoms with Crippen molar-refractivity contribution in [2.75, 3.05) is 13.1 Å². The number of likely N-dealkylation sites (tertiary alicyclic amines) is 1. The molecule has 3 aliphatic rings. The summed E-state index contributed by atoms with van der Waals surface area (Å²) in [6.45, 7) is 5.17. The van der Waals surface area contributed by atoms with Crippen LogP contribution in [-0.2, 0) is 24.0 Å². The van der Waals surface area contributed by atoms with Gasteiger partial charge in [-0.05, 0) is 42.9 Å². The summed E-state index contributed by atoms with van der Waals surface area (Å²) < 4.78 is 38.9. The number of amides is 5. The molecule has 3 fully saturated rings. The van der Waals surface area contributed by atoms with Crippen molar-refractivity contribution in [1.29, 1.82) is 0 Å². The van der Waals surface area contributed by atoms with Gasteiger partial charge in [-0.15, -0.1) is 0 Å². The van der Waals surface area contributed by atoms with E-state index in [-0.39, 0.29) is 30.7 Å². The van der Waals surface area contributed by atoms with Crippen molar-refractivity contribution in [1.82, 2.24) is 20.9 Å². The molecule has 0 bridgehead atoms.